The number of carbonyl (C=O) groups excluding carboxylic acids is 1. The van der Waals surface area contributed by atoms with Crippen LogP contribution in [0.15, 0.2) is 0 Å². The summed E-state index contributed by atoms with van der Waals surface area (Å²) in [6.45, 7) is 4.95. The molecule has 1 aliphatic carbocycles. The zero-order chi connectivity index (χ0) is 15.9. The van der Waals surface area contributed by atoms with Crippen LogP contribution < -0.4 is 4.72 Å². The second kappa shape index (κ2) is 8.70. The second-order valence-corrected chi connectivity index (χ2v) is 7.65. The molecule has 2 atom stereocenters. The summed E-state index contributed by atoms with van der Waals surface area (Å²) in [6, 6.07) is 0. The Labute approximate surface area is 127 Å². The lowest BCUT2D eigenvalue weighted by atomic mass is 10.1. The van der Waals surface area contributed by atoms with Gasteiger partial charge in [-0.25, -0.2) is 13.1 Å². The zero-order valence-electron chi connectivity index (χ0n) is 13.1. The first-order chi connectivity index (χ1) is 9.88. The topological polar surface area (TPSA) is 81.7 Å². The molecule has 0 aromatic heterocycles. The normalized spacial score (nSPS) is 22.7. The lowest BCUT2D eigenvalue weighted by Gasteiger charge is -2.18. The van der Waals surface area contributed by atoms with Crippen molar-refractivity contribution in [1.29, 1.82) is 0 Å². The Kier molecular flexibility index (Phi) is 7.62. The maximum absolute atomic E-state index is 12.3. The molecule has 1 N–H and O–H groups in total. The minimum Gasteiger partial charge on any atom is -0.469 e. The van der Waals surface area contributed by atoms with Gasteiger partial charge >= 0.3 is 5.97 Å². The number of hydrogen-bond donors (Lipinski definition) is 1. The molecular weight excluding hydrogens is 294 g/mol. The molecule has 1 fully saturated rings. The maximum Gasteiger partial charge on any atom is 0.310 e. The second-order valence-electron chi connectivity index (χ2n) is 5.67. The van der Waals surface area contributed by atoms with E-state index in [0.717, 1.165) is 19.3 Å². The lowest BCUT2D eigenvalue weighted by Crippen LogP contribution is -2.39. The SMILES string of the molecule is COC(=O)C1CCCC1S(=O)(=O)NCCCCOC(C)C. The smallest absolute Gasteiger partial charge is 0.310 e. The number of carbonyl (C=O) groups is 1. The molecule has 1 rings (SSSR count). The molecule has 2 unspecified atom stereocenters. The molecule has 0 amide bonds. The van der Waals surface area contributed by atoms with Crippen LogP contribution in [0.5, 0.6) is 0 Å². The summed E-state index contributed by atoms with van der Waals surface area (Å²) >= 11 is 0. The largest absolute Gasteiger partial charge is 0.469 e. The van der Waals surface area contributed by atoms with Gasteiger partial charge < -0.3 is 9.47 Å². The average Bonchev–Trinajstić information content (AvgIpc) is 2.91. The van der Waals surface area contributed by atoms with E-state index in [0.29, 0.717) is 26.0 Å². The van der Waals surface area contributed by atoms with Crippen LogP contribution in [0.4, 0.5) is 0 Å². The first kappa shape index (κ1) is 18.4. The van der Waals surface area contributed by atoms with E-state index in [-0.39, 0.29) is 6.10 Å². The fraction of sp³-hybridized carbons (Fsp3) is 0.929. The summed E-state index contributed by atoms with van der Waals surface area (Å²) in [5, 5.41) is -0.656. The molecule has 0 radical (unpaired) electrons. The summed E-state index contributed by atoms with van der Waals surface area (Å²) in [7, 11) is -2.16. The van der Waals surface area contributed by atoms with E-state index in [1.165, 1.54) is 7.11 Å². The summed E-state index contributed by atoms with van der Waals surface area (Å²) in [4.78, 5) is 11.6. The molecular formula is C14H27NO5S. The van der Waals surface area contributed by atoms with Gasteiger partial charge in [0.1, 0.15) is 0 Å². The summed E-state index contributed by atoms with van der Waals surface area (Å²) in [6.07, 6.45) is 3.58. The van der Waals surface area contributed by atoms with E-state index in [2.05, 4.69) is 4.72 Å². The Morgan fingerprint density at radius 3 is 2.62 bits per heavy atom. The predicted octanol–water partition coefficient (Wildman–Crippen LogP) is 1.45. The van der Waals surface area contributed by atoms with Crippen LogP contribution in [0.3, 0.4) is 0 Å². The van der Waals surface area contributed by atoms with Crippen LogP contribution in [-0.2, 0) is 24.3 Å². The van der Waals surface area contributed by atoms with Gasteiger partial charge in [-0.3, -0.25) is 4.79 Å². The van der Waals surface area contributed by atoms with Crippen molar-refractivity contribution in [3.05, 3.63) is 0 Å². The van der Waals surface area contributed by atoms with Crippen LogP contribution in [0.1, 0.15) is 46.0 Å². The van der Waals surface area contributed by atoms with Crippen molar-refractivity contribution >= 4 is 16.0 Å². The Morgan fingerprint density at radius 1 is 1.29 bits per heavy atom. The zero-order valence-corrected chi connectivity index (χ0v) is 13.9. The molecule has 6 nitrogen and oxygen atoms in total. The van der Waals surface area contributed by atoms with E-state index >= 15 is 0 Å². The van der Waals surface area contributed by atoms with Gasteiger partial charge in [0, 0.05) is 13.2 Å². The van der Waals surface area contributed by atoms with Gasteiger partial charge in [0.15, 0.2) is 0 Å². The van der Waals surface area contributed by atoms with Crippen LogP contribution in [-0.4, -0.2) is 46.0 Å². The average molecular weight is 321 g/mol. The number of rotatable bonds is 9. The number of sulfonamides is 1. The monoisotopic (exact) mass is 321 g/mol. The standard InChI is InChI=1S/C14H27NO5S/c1-11(2)20-10-5-4-9-15-21(17,18)13-8-6-7-12(13)14(16)19-3/h11-13,15H,4-10H2,1-3H3. The van der Waals surface area contributed by atoms with Gasteiger partial charge in [-0.1, -0.05) is 6.42 Å². The van der Waals surface area contributed by atoms with Gasteiger partial charge in [0.2, 0.25) is 10.0 Å². The molecule has 0 bridgehead atoms. The third kappa shape index (κ3) is 5.92. The lowest BCUT2D eigenvalue weighted by molar-refractivity contribution is -0.145. The molecule has 0 aromatic rings. The Bertz CT molecular complexity index is 421. The molecule has 0 aliphatic heterocycles. The van der Waals surface area contributed by atoms with Crippen molar-refractivity contribution in [1.82, 2.24) is 4.72 Å². The number of hydrogen-bond acceptors (Lipinski definition) is 5. The molecule has 0 heterocycles. The van der Waals surface area contributed by atoms with Gasteiger partial charge in [0.05, 0.1) is 24.4 Å². The third-order valence-electron chi connectivity index (χ3n) is 3.68. The third-order valence-corrected chi connectivity index (χ3v) is 5.65. The minimum atomic E-state index is -3.46. The Morgan fingerprint density at radius 2 is 2.00 bits per heavy atom. The molecule has 124 valence electrons. The first-order valence-corrected chi connectivity index (χ1v) is 9.11. The van der Waals surface area contributed by atoms with Crippen LogP contribution >= 0.6 is 0 Å². The van der Waals surface area contributed by atoms with E-state index in [9.17, 15) is 13.2 Å². The predicted molar refractivity (Wildman–Crippen MR) is 80.4 cm³/mol. The highest BCUT2D eigenvalue weighted by molar-refractivity contribution is 7.90. The number of unbranched alkanes of at least 4 members (excludes halogenated alkanes) is 1. The van der Waals surface area contributed by atoms with E-state index in [1.54, 1.807) is 0 Å². The van der Waals surface area contributed by atoms with Crippen LogP contribution in [0.2, 0.25) is 0 Å². The highest BCUT2D eigenvalue weighted by atomic mass is 32.2. The van der Waals surface area contributed by atoms with Crippen LogP contribution in [0.25, 0.3) is 0 Å². The summed E-state index contributed by atoms with van der Waals surface area (Å²) in [5.41, 5.74) is 0. The highest BCUT2D eigenvalue weighted by Gasteiger charge is 2.41. The van der Waals surface area contributed by atoms with Crippen molar-refractivity contribution in [3.63, 3.8) is 0 Å². The van der Waals surface area contributed by atoms with Crippen molar-refractivity contribution in [2.75, 3.05) is 20.3 Å². The van der Waals surface area contributed by atoms with E-state index in [4.69, 9.17) is 9.47 Å². The summed E-state index contributed by atoms with van der Waals surface area (Å²) < 4.78 is 37.2. The van der Waals surface area contributed by atoms with Gasteiger partial charge in [-0.05, 0) is 39.5 Å². The molecule has 1 saturated carbocycles. The first-order valence-electron chi connectivity index (χ1n) is 7.56. The maximum atomic E-state index is 12.3. The van der Waals surface area contributed by atoms with E-state index in [1.807, 2.05) is 13.8 Å². The number of ether oxygens (including phenoxy) is 2. The number of methoxy groups -OCH3 is 1. The Hall–Kier alpha value is -0.660. The van der Waals surface area contributed by atoms with Crippen molar-refractivity contribution in [2.24, 2.45) is 5.92 Å². The fourth-order valence-electron chi connectivity index (χ4n) is 2.59. The van der Waals surface area contributed by atoms with Crippen LogP contribution in [0, 0.1) is 5.92 Å². The van der Waals surface area contributed by atoms with Gasteiger partial charge in [-0.2, -0.15) is 0 Å². The minimum absolute atomic E-state index is 0.195. The quantitative estimate of drug-likeness (QED) is 0.513. The molecule has 0 spiro atoms. The van der Waals surface area contributed by atoms with Gasteiger partial charge in [-0.15, -0.1) is 0 Å². The molecule has 7 heteroatoms. The fourth-order valence-corrected chi connectivity index (χ4v) is 4.39. The summed E-state index contributed by atoms with van der Waals surface area (Å²) in [5.74, 6) is -0.954. The molecule has 0 aromatic carbocycles. The van der Waals surface area contributed by atoms with Crippen molar-refractivity contribution in [3.8, 4) is 0 Å². The molecule has 1 aliphatic rings. The van der Waals surface area contributed by atoms with Gasteiger partial charge in [0.25, 0.3) is 0 Å². The number of nitrogens with one attached hydrogen (secondary N) is 1. The highest BCUT2D eigenvalue weighted by Crippen LogP contribution is 2.31. The Balaban J connectivity index is 2.37. The van der Waals surface area contributed by atoms with E-state index < -0.39 is 27.2 Å². The molecule has 21 heavy (non-hydrogen) atoms. The van der Waals surface area contributed by atoms with Crippen molar-refractivity contribution in [2.45, 2.75) is 57.3 Å². The molecule has 0 saturated heterocycles. The van der Waals surface area contributed by atoms with Crippen molar-refractivity contribution < 1.29 is 22.7 Å². The number of esters is 1.